The van der Waals surface area contributed by atoms with Crippen LogP contribution in [0.25, 0.3) is 0 Å². The molecule has 0 aliphatic heterocycles. The van der Waals surface area contributed by atoms with Gasteiger partial charge < -0.3 is 21.7 Å². The minimum Gasteiger partial charge on any atom is -0.327 e. The molecule has 26 heavy (non-hydrogen) atoms. The monoisotopic (exact) mass is 352 g/mol. The summed E-state index contributed by atoms with van der Waals surface area (Å²) in [6, 6.07) is 16.1. The fourth-order valence-corrected chi connectivity index (χ4v) is 3.26. The molecule has 0 radical (unpaired) electrons. The largest absolute Gasteiger partial charge is 0.327 e. The lowest BCUT2D eigenvalue weighted by molar-refractivity contribution is -0.117. The van der Waals surface area contributed by atoms with Gasteiger partial charge in [-0.3, -0.25) is 4.79 Å². The molecule has 1 aliphatic carbocycles. The van der Waals surface area contributed by atoms with Crippen LogP contribution in [-0.4, -0.2) is 18.0 Å². The van der Waals surface area contributed by atoms with Crippen LogP contribution in [0, 0.1) is 5.92 Å². The Labute approximate surface area is 153 Å². The molecule has 2 atom stereocenters. The smallest absolute Gasteiger partial charge is 0.323 e. The van der Waals surface area contributed by atoms with Crippen LogP contribution in [0.5, 0.6) is 0 Å². The lowest BCUT2D eigenvalue weighted by atomic mass is 10.00. The molecule has 0 unspecified atom stereocenters. The van der Waals surface area contributed by atoms with E-state index in [1.165, 1.54) is 0 Å². The highest BCUT2D eigenvalue weighted by molar-refractivity contribution is 6.00. The van der Waals surface area contributed by atoms with Gasteiger partial charge in [0, 0.05) is 29.5 Å². The molecular formula is C20H24N4O2. The predicted molar refractivity (Wildman–Crippen MR) is 104 cm³/mol. The average molecular weight is 352 g/mol. The van der Waals surface area contributed by atoms with Gasteiger partial charge in [0.05, 0.1) is 0 Å². The Kier molecular flexibility index (Phi) is 5.86. The molecule has 2 aromatic rings. The van der Waals surface area contributed by atoms with Crippen molar-refractivity contribution in [2.45, 2.75) is 31.7 Å². The van der Waals surface area contributed by atoms with Crippen LogP contribution in [0.3, 0.4) is 0 Å². The van der Waals surface area contributed by atoms with E-state index in [0.717, 1.165) is 19.3 Å². The fraction of sp³-hybridized carbons (Fsp3) is 0.300. The van der Waals surface area contributed by atoms with Gasteiger partial charge in [0.2, 0.25) is 5.91 Å². The zero-order chi connectivity index (χ0) is 18.4. The third-order valence-electron chi connectivity index (χ3n) is 4.60. The van der Waals surface area contributed by atoms with Crippen LogP contribution < -0.4 is 21.7 Å². The van der Waals surface area contributed by atoms with E-state index >= 15 is 0 Å². The molecule has 3 rings (SSSR count). The SMILES string of the molecule is N[C@@H]1CCC[C@H]1CC(=O)Nc1cccc(NC(=O)Nc2ccccc2)c1. The highest BCUT2D eigenvalue weighted by Gasteiger charge is 2.26. The molecule has 136 valence electrons. The molecule has 0 aromatic heterocycles. The second-order valence-electron chi connectivity index (χ2n) is 6.63. The Bertz CT molecular complexity index is 763. The Morgan fingerprint density at radius 3 is 2.23 bits per heavy atom. The molecule has 1 saturated carbocycles. The summed E-state index contributed by atoms with van der Waals surface area (Å²) in [7, 11) is 0. The molecule has 0 bridgehead atoms. The summed E-state index contributed by atoms with van der Waals surface area (Å²) >= 11 is 0. The number of amides is 3. The van der Waals surface area contributed by atoms with E-state index in [9.17, 15) is 9.59 Å². The van der Waals surface area contributed by atoms with E-state index in [1.807, 2.05) is 30.3 Å². The maximum atomic E-state index is 12.2. The van der Waals surface area contributed by atoms with Gasteiger partial charge in [0.15, 0.2) is 0 Å². The first-order chi connectivity index (χ1) is 12.6. The summed E-state index contributed by atoms with van der Waals surface area (Å²) < 4.78 is 0. The minimum absolute atomic E-state index is 0.0433. The van der Waals surface area contributed by atoms with E-state index in [0.29, 0.717) is 23.5 Å². The van der Waals surface area contributed by atoms with E-state index in [-0.39, 0.29) is 23.9 Å². The first kappa shape index (κ1) is 17.9. The topological polar surface area (TPSA) is 96.2 Å². The summed E-state index contributed by atoms with van der Waals surface area (Å²) in [5.74, 6) is 0.214. The second kappa shape index (κ2) is 8.49. The Hall–Kier alpha value is -2.86. The molecular weight excluding hydrogens is 328 g/mol. The van der Waals surface area contributed by atoms with Gasteiger partial charge in [-0.15, -0.1) is 0 Å². The van der Waals surface area contributed by atoms with Crippen molar-refractivity contribution in [3.63, 3.8) is 0 Å². The number of carbonyl (C=O) groups excluding carboxylic acids is 2. The summed E-state index contributed by atoms with van der Waals surface area (Å²) in [6.07, 6.45) is 3.53. The summed E-state index contributed by atoms with van der Waals surface area (Å²) in [6.45, 7) is 0. The zero-order valence-corrected chi connectivity index (χ0v) is 14.6. The number of benzene rings is 2. The Morgan fingerprint density at radius 1 is 0.885 bits per heavy atom. The lowest BCUT2D eigenvalue weighted by Crippen LogP contribution is -2.28. The normalized spacial score (nSPS) is 19.0. The third-order valence-corrected chi connectivity index (χ3v) is 4.60. The van der Waals surface area contributed by atoms with E-state index < -0.39 is 0 Å². The number of hydrogen-bond donors (Lipinski definition) is 4. The minimum atomic E-state index is -0.336. The van der Waals surface area contributed by atoms with E-state index in [4.69, 9.17) is 5.73 Å². The van der Waals surface area contributed by atoms with Gasteiger partial charge in [0.1, 0.15) is 0 Å². The molecule has 0 saturated heterocycles. The fourth-order valence-electron chi connectivity index (χ4n) is 3.26. The molecule has 0 heterocycles. The lowest BCUT2D eigenvalue weighted by Gasteiger charge is -2.15. The van der Waals surface area contributed by atoms with Gasteiger partial charge >= 0.3 is 6.03 Å². The van der Waals surface area contributed by atoms with Crippen molar-refractivity contribution >= 4 is 29.0 Å². The highest BCUT2D eigenvalue weighted by atomic mass is 16.2. The van der Waals surface area contributed by atoms with Crippen molar-refractivity contribution in [2.24, 2.45) is 11.7 Å². The predicted octanol–water partition coefficient (Wildman–Crippen LogP) is 3.79. The van der Waals surface area contributed by atoms with Crippen LogP contribution in [0.1, 0.15) is 25.7 Å². The van der Waals surface area contributed by atoms with E-state index in [2.05, 4.69) is 16.0 Å². The van der Waals surface area contributed by atoms with Crippen molar-refractivity contribution in [3.8, 4) is 0 Å². The molecule has 1 fully saturated rings. The van der Waals surface area contributed by atoms with Crippen molar-refractivity contribution in [2.75, 3.05) is 16.0 Å². The van der Waals surface area contributed by atoms with Crippen molar-refractivity contribution < 1.29 is 9.59 Å². The van der Waals surface area contributed by atoms with Gasteiger partial charge in [-0.2, -0.15) is 0 Å². The first-order valence-electron chi connectivity index (χ1n) is 8.89. The quantitative estimate of drug-likeness (QED) is 0.659. The highest BCUT2D eigenvalue weighted by Crippen LogP contribution is 2.27. The molecule has 1 aliphatic rings. The van der Waals surface area contributed by atoms with Crippen LogP contribution in [0.15, 0.2) is 54.6 Å². The van der Waals surface area contributed by atoms with Crippen LogP contribution in [-0.2, 0) is 4.79 Å². The second-order valence-corrected chi connectivity index (χ2v) is 6.63. The number of anilines is 3. The standard InChI is InChI=1S/C20H24N4O2/c21-18-11-4-6-14(18)12-19(25)22-16-9-5-10-17(13-16)24-20(26)23-15-7-2-1-3-8-15/h1-3,5,7-10,13-14,18H,4,6,11-12,21H2,(H,22,25)(H2,23,24,26)/t14-,18+/m0/s1. The van der Waals surface area contributed by atoms with Gasteiger partial charge in [-0.25, -0.2) is 4.79 Å². The average Bonchev–Trinajstić information content (AvgIpc) is 3.00. The van der Waals surface area contributed by atoms with Crippen LogP contribution >= 0.6 is 0 Å². The molecule has 6 heteroatoms. The maximum Gasteiger partial charge on any atom is 0.323 e. The van der Waals surface area contributed by atoms with Crippen LogP contribution in [0.2, 0.25) is 0 Å². The Morgan fingerprint density at radius 2 is 1.54 bits per heavy atom. The van der Waals surface area contributed by atoms with Gasteiger partial charge in [-0.1, -0.05) is 30.7 Å². The number of nitrogens with one attached hydrogen (secondary N) is 3. The van der Waals surface area contributed by atoms with Crippen molar-refractivity contribution in [1.82, 2.24) is 0 Å². The molecule has 0 spiro atoms. The van der Waals surface area contributed by atoms with Crippen LogP contribution in [0.4, 0.5) is 21.9 Å². The molecule has 5 N–H and O–H groups in total. The Balaban J connectivity index is 1.54. The number of urea groups is 1. The van der Waals surface area contributed by atoms with E-state index in [1.54, 1.807) is 24.3 Å². The zero-order valence-electron chi connectivity index (χ0n) is 14.6. The summed E-state index contributed by atoms with van der Waals surface area (Å²) in [5.41, 5.74) is 8.00. The van der Waals surface area contributed by atoms with Crippen molar-refractivity contribution in [1.29, 1.82) is 0 Å². The number of rotatable bonds is 5. The molecule has 3 amide bonds. The number of para-hydroxylation sites is 1. The number of hydrogen-bond acceptors (Lipinski definition) is 3. The number of carbonyl (C=O) groups is 2. The first-order valence-corrected chi connectivity index (χ1v) is 8.89. The maximum absolute atomic E-state index is 12.2. The summed E-state index contributed by atoms with van der Waals surface area (Å²) in [5, 5.41) is 8.40. The van der Waals surface area contributed by atoms with Gasteiger partial charge in [-0.05, 0) is 49.1 Å². The third kappa shape index (κ3) is 5.07. The molecule has 6 nitrogen and oxygen atoms in total. The van der Waals surface area contributed by atoms with Crippen molar-refractivity contribution in [3.05, 3.63) is 54.6 Å². The summed E-state index contributed by atoms with van der Waals surface area (Å²) in [4.78, 5) is 24.3. The molecule has 2 aromatic carbocycles. The van der Waals surface area contributed by atoms with Gasteiger partial charge in [0.25, 0.3) is 0 Å². The number of nitrogens with two attached hydrogens (primary N) is 1.